The van der Waals surface area contributed by atoms with Crippen LogP contribution in [0, 0.1) is 0 Å². The number of aromatic amines is 1. The summed E-state index contributed by atoms with van der Waals surface area (Å²) in [6, 6.07) is 3.22. The number of aliphatic carboxylic acids is 1. The predicted octanol–water partition coefficient (Wildman–Crippen LogP) is -0.435. The molecule has 1 aromatic heterocycles. The number of thiol groups is 2. The van der Waals surface area contributed by atoms with Crippen molar-refractivity contribution >= 4 is 59.9 Å². The average Bonchev–Trinajstić information content (AvgIpc) is 3.28. The molecule has 2 aromatic rings. The van der Waals surface area contributed by atoms with Crippen molar-refractivity contribution in [2.45, 2.75) is 49.9 Å². The van der Waals surface area contributed by atoms with E-state index in [0.29, 0.717) is 19.4 Å². The van der Waals surface area contributed by atoms with Gasteiger partial charge in [0.25, 0.3) is 0 Å². The summed E-state index contributed by atoms with van der Waals surface area (Å²) < 4.78 is 0. The van der Waals surface area contributed by atoms with Crippen molar-refractivity contribution in [3.05, 3.63) is 36.0 Å². The van der Waals surface area contributed by atoms with Crippen molar-refractivity contribution in [1.82, 2.24) is 20.9 Å². The molecule has 0 aliphatic carbocycles. The number of aromatic nitrogens is 1. The van der Waals surface area contributed by atoms with Crippen LogP contribution in [0.5, 0.6) is 0 Å². The number of carboxylic acid groups (broad SMARTS) is 1. The molecule has 13 heteroatoms. The molecule has 9 N–H and O–H groups in total. The monoisotopic (exact) mass is 538 g/mol. The van der Waals surface area contributed by atoms with E-state index >= 15 is 0 Å². The number of amides is 3. The molecule has 0 fully saturated rings. The quantitative estimate of drug-likeness (QED) is 0.108. The first-order valence-corrected chi connectivity index (χ1v) is 12.8. The standard InChI is InChI=1S/C23H34N6O5S2/c24-8-4-3-7-17(23(33)34)27-21(31)18(9-13-10-26-16-6-2-1-5-14(13)16)28-22(32)19(12-36)29-20(30)15(25)11-35/h1-2,5-6,10,15,17-19,26,35-36H,3-4,7-9,11-12,24-25H2,(H,27,31)(H,28,32)(H,29,30)(H,33,34). The number of hydrogen-bond donors (Lipinski definition) is 9. The van der Waals surface area contributed by atoms with E-state index in [0.717, 1.165) is 16.5 Å². The Labute approximate surface area is 220 Å². The molecule has 4 atom stereocenters. The molecule has 0 saturated heterocycles. The predicted molar refractivity (Wildman–Crippen MR) is 144 cm³/mol. The Bertz CT molecular complexity index is 1050. The molecule has 0 saturated carbocycles. The molecular formula is C23H34N6O5S2. The maximum absolute atomic E-state index is 13.2. The van der Waals surface area contributed by atoms with Crippen LogP contribution in [0.4, 0.5) is 0 Å². The van der Waals surface area contributed by atoms with Gasteiger partial charge in [0.2, 0.25) is 17.7 Å². The highest BCUT2D eigenvalue weighted by atomic mass is 32.1. The van der Waals surface area contributed by atoms with E-state index < -0.39 is 47.9 Å². The fourth-order valence-corrected chi connectivity index (χ4v) is 4.00. The van der Waals surface area contributed by atoms with Gasteiger partial charge < -0.3 is 37.5 Å². The first-order chi connectivity index (χ1) is 17.2. The Morgan fingerprint density at radius 2 is 1.56 bits per heavy atom. The summed E-state index contributed by atoms with van der Waals surface area (Å²) in [5, 5.41) is 18.1. The zero-order valence-electron chi connectivity index (χ0n) is 19.8. The molecule has 0 aliphatic rings. The van der Waals surface area contributed by atoms with Gasteiger partial charge in [0.05, 0.1) is 6.04 Å². The maximum Gasteiger partial charge on any atom is 0.326 e. The Hall–Kier alpha value is -2.74. The topological polar surface area (TPSA) is 192 Å². The minimum Gasteiger partial charge on any atom is -0.480 e. The van der Waals surface area contributed by atoms with Gasteiger partial charge in [-0.05, 0) is 37.4 Å². The third kappa shape index (κ3) is 8.43. The van der Waals surface area contributed by atoms with Gasteiger partial charge in [0.15, 0.2) is 0 Å². The molecule has 1 heterocycles. The number of H-pyrrole nitrogens is 1. The second-order valence-electron chi connectivity index (χ2n) is 8.34. The van der Waals surface area contributed by atoms with Crippen LogP contribution in [0.15, 0.2) is 30.5 Å². The number of carbonyl (C=O) groups excluding carboxylic acids is 3. The fraction of sp³-hybridized carbons (Fsp3) is 0.478. The zero-order valence-corrected chi connectivity index (χ0v) is 21.6. The van der Waals surface area contributed by atoms with E-state index in [9.17, 15) is 24.3 Å². The number of nitrogens with one attached hydrogen (secondary N) is 4. The Balaban J connectivity index is 2.25. The number of fused-ring (bicyclic) bond motifs is 1. The number of rotatable bonds is 15. The van der Waals surface area contributed by atoms with Crippen molar-refractivity contribution in [3.63, 3.8) is 0 Å². The summed E-state index contributed by atoms with van der Waals surface area (Å²) in [5.74, 6) is -3.04. The first-order valence-electron chi connectivity index (χ1n) is 11.6. The molecule has 1 aromatic carbocycles. The minimum atomic E-state index is -1.18. The normalized spacial score (nSPS) is 14.4. The fourth-order valence-electron chi connectivity index (χ4n) is 3.58. The summed E-state index contributed by atoms with van der Waals surface area (Å²) in [7, 11) is 0. The molecule has 11 nitrogen and oxygen atoms in total. The number of nitrogens with two attached hydrogens (primary N) is 2. The molecule has 36 heavy (non-hydrogen) atoms. The highest BCUT2D eigenvalue weighted by molar-refractivity contribution is 7.80. The van der Waals surface area contributed by atoms with Gasteiger partial charge in [-0.25, -0.2) is 4.79 Å². The lowest BCUT2D eigenvalue weighted by molar-refractivity contribution is -0.142. The SMILES string of the molecule is NCCCCC(NC(=O)C(Cc1c[nH]c2ccccc12)NC(=O)C(CS)NC(=O)C(N)CS)C(=O)O. The second-order valence-corrected chi connectivity index (χ2v) is 9.07. The van der Waals surface area contributed by atoms with Crippen LogP contribution in [0.1, 0.15) is 24.8 Å². The van der Waals surface area contributed by atoms with Crippen LogP contribution in [-0.2, 0) is 25.6 Å². The Morgan fingerprint density at radius 3 is 2.19 bits per heavy atom. The smallest absolute Gasteiger partial charge is 0.326 e. The molecule has 2 rings (SSSR count). The van der Waals surface area contributed by atoms with E-state index in [4.69, 9.17) is 11.5 Å². The van der Waals surface area contributed by atoms with Crippen molar-refractivity contribution in [2.24, 2.45) is 11.5 Å². The van der Waals surface area contributed by atoms with Gasteiger partial charge >= 0.3 is 5.97 Å². The number of hydrogen-bond acceptors (Lipinski definition) is 8. The number of carbonyl (C=O) groups is 4. The second kappa shape index (κ2) is 14.7. The number of unbranched alkanes of at least 4 members (excludes halogenated alkanes) is 1. The van der Waals surface area contributed by atoms with E-state index in [1.54, 1.807) is 6.20 Å². The van der Waals surface area contributed by atoms with Gasteiger partial charge in [0, 0.05) is 35.0 Å². The summed E-state index contributed by atoms with van der Waals surface area (Å²) in [4.78, 5) is 53.2. The highest BCUT2D eigenvalue weighted by Crippen LogP contribution is 2.19. The lowest BCUT2D eigenvalue weighted by Gasteiger charge is -2.24. The molecule has 0 bridgehead atoms. The molecule has 4 unspecified atom stereocenters. The van der Waals surface area contributed by atoms with Gasteiger partial charge in [-0.15, -0.1) is 0 Å². The first kappa shape index (κ1) is 29.5. The lowest BCUT2D eigenvalue weighted by Crippen LogP contribution is -2.58. The number of carboxylic acids is 1. The Kier molecular flexibility index (Phi) is 12.1. The van der Waals surface area contributed by atoms with Crippen LogP contribution in [0.25, 0.3) is 10.9 Å². The maximum atomic E-state index is 13.2. The van der Waals surface area contributed by atoms with Gasteiger partial charge in [-0.3, -0.25) is 14.4 Å². The van der Waals surface area contributed by atoms with E-state index in [-0.39, 0.29) is 24.3 Å². The van der Waals surface area contributed by atoms with Crippen LogP contribution < -0.4 is 27.4 Å². The van der Waals surface area contributed by atoms with Crippen molar-refractivity contribution < 1.29 is 24.3 Å². The summed E-state index contributed by atoms with van der Waals surface area (Å²) in [6.45, 7) is 0.410. The largest absolute Gasteiger partial charge is 0.480 e. The molecule has 0 spiro atoms. The summed E-state index contributed by atoms with van der Waals surface area (Å²) in [6.07, 6.45) is 3.15. The number of benzene rings is 1. The van der Waals surface area contributed by atoms with Crippen molar-refractivity contribution in [3.8, 4) is 0 Å². The van der Waals surface area contributed by atoms with E-state index in [1.807, 2.05) is 24.3 Å². The van der Waals surface area contributed by atoms with Crippen LogP contribution in [-0.4, -0.2) is 76.0 Å². The van der Waals surface area contributed by atoms with Crippen LogP contribution >= 0.6 is 25.3 Å². The van der Waals surface area contributed by atoms with Crippen molar-refractivity contribution in [1.29, 1.82) is 0 Å². The third-order valence-corrected chi connectivity index (χ3v) is 6.40. The summed E-state index contributed by atoms with van der Waals surface area (Å²) >= 11 is 8.12. The summed E-state index contributed by atoms with van der Waals surface area (Å²) in [5.41, 5.74) is 12.8. The van der Waals surface area contributed by atoms with Gasteiger partial charge in [-0.2, -0.15) is 25.3 Å². The molecule has 198 valence electrons. The molecule has 0 radical (unpaired) electrons. The zero-order chi connectivity index (χ0) is 26.7. The molecule has 3 amide bonds. The van der Waals surface area contributed by atoms with Crippen molar-refractivity contribution in [2.75, 3.05) is 18.1 Å². The van der Waals surface area contributed by atoms with Gasteiger partial charge in [0.1, 0.15) is 18.1 Å². The molecule has 0 aliphatic heterocycles. The van der Waals surface area contributed by atoms with E-state index in [2.05, 4.69) is 46.2 Å². The average molecular weight is 539 g/mol. The van der Waals surface area contributed by atoms with E-state index in [1.165, 1.54) is 0 Å². The minimum absolute atomic E-state index is 0.0465. The highest BCUT2D eigenvalue weighted by Gasteiger charge is 2.30. The Morgan fingerprint density at radius 1 is 0.917 bits per heavy atom. The van der Waals surface area contributed by atoms with Gasteiger partial charge in [-0.1, -0.05) is 18.2 Å². The van der Waals surface area contributed by atoms with Crippen LogP contribution in [0.3, 0.4) is 0 Å². The van der Waals surface area contributed by atoms with Crippen LogP contribution in [0.2, 0.25) is 0 Å². The lowest BCUT2D eigenvalue weighted by atomic mass is 10.0. The molecular weight excluding hydrogens is 504 g/mol. The third-order valence-electron chi connectivity index (χ3n) is 5.64. The number of para-hydroxylation sites is 1.